The third kappa shape index (κ3) is 22.5. The van der Waals surface area contributed by atoms with Gasteiger partial charge in [-0.15, -0.1) is 12.3 Å². The van der Waals surface area contributed by atoms with Crippen LogP contribution in [0.5, 0.6) is 0 Å². The maximum atomic E-state index is 5.70. The highest BCUT2D eigenvalue weighted by Crippen LogP contribution is 2.19. The second kappa shape index (κ2) is 28.3. The van der Waals surface area contributed by atoms with Crippen LogP contribution in [0.3, 0.4) is 0 Å². The Bertz CT molecular complexity index is 375. The molecule has 2 nitrogen and oxygen atoms in total. The summed E-state index contributed by atoms with van der Waals surface area (Å²) < 4.78 is 0. The summed E-state index contributed by atoms with van der Waals surface area (Å²) in [4.78, 5) is 0. The number of anilines is 2. The van der Waals surface area contributed by atoms with Gasteiger partial charge in [0.2, 0.25) is 0 Å². The topological polar surface area (TPSA) is 38.0 Å². The van der Waals surface area contributed by atoms with Gasteiger partial charge in [-0.1, -0.05) is 67.2 Å². The van der Waals surface area contributed by atoms with Crippen LogP contribution in [0.25, 0.3) is 0 Å². The smallest absolute Gasteiger partial charge is 0.0371 e. The lowest BCUT2D eigenvalue weighted by Gasteiger charge is -2.08. The molecule has 1 rings (SSSR count). The minimum atomic E-state index is 0.818. The van der Waals surface area contributed by atoms with Gasteiger partial charge in [-0.05, 0) is 36.6 Å². The maximum absolute atomic E-state index is 5.70. The molecule has 3 N–H and O–H groups in total. The zero-order chi connectivity index (χ0) is 19.1. The zero-order valence-corrected chi connectivity index (χ0v) is 16.6. The van der Waals surface area contributed by atoms with E-state index in [2.05, 4.69) is 44.6 Å². The van der Waals surface area contributed by atoms with Crippen LogP contribution in [0.1, 0.15) is 59.9 Å². The lowest BCUT2D eigenvalue weighted by Crippen LogP contribution is -1.97. The van der Waals surface area contributed by atoms with Crippen LogP contribution < -0.4 is 11.1 Å². The monoisotopic (exact) mass is 320 g/mol. The molecule has 0 unspecified atom stereocenters. The van der Waals surface area contributed by atoms with Crippen LogP contribution >= 0.6 is 0 Å². The summed E-state index contributed by atoms with van der Waals surface area (Å²) in [5, 5.41) is 3.14. The van der Waals surface area contributed by atoms with Gasteiger partial charge in [-0.2, -0.15) is 0 Å². The molecule has 2 heteroatoms. The second-order valence-electron chi connectivity index (χ2n) is 3.95. The SMILES string of the molecule is C=C=C.C=CCCc1cc(N)ccc1NC.CC.CC.CCC. The van der Waals surface area contributed by atoms with Crippen molar-refractivity contribution in [3.05, 3.63) is 55.3 Å². The minimum Gasteiger partial charge on any atom is -0.399 e. The Kier molecular flexibility index (Phi) is 35.8. The number of benzene rings is 1. The molecule has 0 aliphatic carbocycles. The van der Waals surface area contributed by atoms with Crippen LogP contribution in [0, 0.1) is 0 Å². The molecule has 0 saturated heterocycles. The Balaban J connectivity index is -0.000000152. The van der Waals surface area contributed by atoms with Crippen LogP contribution in [0.2, 0.25) is 0 Å². The fraction of sp³-hybridized carbons (Fsp3) is 0.476. The molecule has 0 aliphatic heterocycles. The van der Waals surface area contributed by atoms with Gasteiger partial charge in [-0.3, -0.25) is 0 Å². The standard InChI is InChI=1S/C11H16N2.C3H8.C3H4.2C2H6/c1-3-4-5-9-8-10(12)6-7-11(9)13-2;2*1-3-2;2*1-2/h3,6-8,13H,1,4-5,12H2,2H3;3H2,1-2H3;1-2H2;2*1-2H3. The van der Waals surface area contributed by atoms with E-state index in [4.69, 9.17) is 5.73 Å². The first-order chi connectivity index (χ1) is 11.1. The number of hydrogen-bond acceptors (Lipinski definition) is 2. The predicted octanol–water partition coefficient (Wildman–Crippen LogP) is 6.86. The van der Waals surface area contributed by atoms with E-state index in [1.807, 2.05) is 59.0 Å². The molecule has 0 heterocycles. The molecule has 0 bridgehead atoms. The fourth-order valence-electron chi connectivity index (χ4n) is 1.32. The molecule has 1 aromatic rings. The summed E-state index contributed by atoms with van der Waals surface area (Å²) in [6.45, 7) is 22.2. The Morgan fingerprint density at radius 2 is 1.57 bits per heavy atom. The van der Waals surface area contributed by atoms with Crippen molar-refractivity contribution in [1.82, 2.24) is 0 Å². The van der Waals surface area contributed by atoms with Crippen molar-refractivity contribution in [1.29, 1.82) is 0 Å². The van der Waals surface area contributed by atoms with E-state index in [-0.39, 0.29) is 0 Å². The van der Waals surface area contributed by atoms with Gasteiger partial charge in [-0.25, -0.2) is 0 Å². The van der Waals surface area contributed by atoms with Crippen molar-refractivity contribution in [2.24, 2.45) is 0 Å². The van der Waals surface area contributed by atoms with Crippen LogP contribution in [-0.2, 0) is 6.42 Å². The van der Waals surface area contributed by atoms with Crippen LogP contribution in [0.15, 0.2) is 49.7 Å². The normalized spacial score (nSPS) is 7.09. The molecule has 23 heavy (non-hydrogen) atoms. The molecule has 0 atom stereocenters. The second-order valence-corrected chi connectivity index (χ2v) is 3.95. The summed E-state index contributed by atoms with van der Waals surface area (Å²) >= 11 is 0. The highest BCUT2D eigenvalue weighted by atomic mass is 14.8. The van der Waals surface area contributed by atoms with E-state index in [1.54, 1.807) is 0 Å². The van der Waals surface area contributed by atoms with Gasteiger partial charge in [0, 0.05) is 18.4 Å². The van der Waals surface area contributed by atoms with Gasteiger partial charge >= 0.3 is 0 Å². The molecule has 0 amide bonds. The predicted molar refractivity (Wildman–Crippen MR) is 112 cm³/mol. The average Bonchev–Trinajstić information content (AvgIpc) is 2.58. The Morgan fingerprint density at radius 3 is 1.91 bits per heavy atom. The molecular formula is C21H40N2. The first-order valence-electron chi connectivity index (χ1n) is 8.57. The third-order valence-corrected chi connectivity index (χ3v) is 2.02. The van der Waals surface area contributed by atoms with Crippen molar-refractivity contribution in [2.75, 3.05) is 18.1 Å². The number of allylic oxidation sites excluding steroid dienone is 1. The van der Waals surface area contributed by atoms with Gasteiger partial charge in [0.1, 0.15) is 0 Å². The highest BCUT2D eigenvalue weighted by molar-refractivity contribution is 5.57. The lowest BCUT2D eigenvalue weighted by atomic mass is 10.1. The quantitative estimate of drug-likeness (QED) is 0.361. The van der Waals surface area contributed by atoms with E-state index in [0.717, 1.165) is 24.2 Å². The van der Waals surface area contributed by atoms with Crippen molar-refractivity contribution >= 4 is 11.4 Å². The molecule has 0 spiro atoms. The van der Waals surface area contributed by atoms with Gasteiger partial charge in [0.15, 0.2) is 0 Å². The van der Waals surface area contributed by atoms with Crippen molar-refractivity contribution in [2.45, 2.75) is 60.8 Å². The molecule has 0 aliphatic rings. The van der Waals surface area contributed by atoms with E-state index >= 15 is 0 Å². The number of rotatable bonds is 4. The minimum absolute atomic E-state index is 0.818. The molecule has 0 aromatic heterocycles. The number of nitrogens with one attached hydrogen (secondary N) is 1. The summed E-state index contributed by atoms with van der Waals surface area (Å²) in [5.41, 5.74) is 11.2. The Labute approximate surface area is 146 Å². The van der Waals surface area contributed by atoms with Gasteiger partial charge in [0.25, 0.3) is 0 Å². The maximum Gasteiger partial charge on any atom is 0.0371 e. The highest BCUT2D eigenvalue weighted by Gasteiger charge is 1.99. The van der Waals surface area contributed by atoms with Crippen molar-refractivity contribution in [3.8, 4) is 0 Å². The van der Waals surface area contributed by atoms with E-state index in [0.29, 0.717) is 0 Å². The van der Waals surface area contributed by atoms with Gasteiger partial charge in [0.05, 0.1) is 0 Å². The first-order valence-corrected chi connectivity index (χ1v) is 8.57. The number of nitrogens with two attached hydrogens (primary N) is 1. The molecule has 0 radical (unpaired) electrons. The van der Waals surface area contributed by atoms with Gasteiger partial charge < -0.3 is 11.1 Å². The Morgan fingerprint density at radius 1 is 1.13 bits per heavy atom. The zero-order valence-electron chi connectivity index (χ0n) is 16.6. The Hall–Kier alpha value is -1.92. The molecule has 1 aromatic carbocycles. The summed E-state index contributed by atoms with van der Waals surface area (Å²) in [6, 6.07) is 5.92. The number of aryl methyl sites for hydroxylation is 1. The van der Waals surface area contributed by atoms with Crippen molar-refractivity contribution in [3.63, 3.8) is 0 Å². The largest absolute Gasteiger partial charge is 0.399 e. The number of nitrogen functional groups attached to an aromatic ring is 1. The molecular weight excluding hydrogens is 280 g/mol. The fourth-order valence-corrected chi connectivity index (χ4v) is 1.32. The summed E-state index contributed by atoms with van der Waals surface area (Å²) in [5.74, 6) is 0. The lowest BCUT2D eigenvalue weighted by molar-refractivity contribution is 1.01. The average molecular weight is 321 g/mol. The first kappa shape index (κ1) is 29.1. The molecule has 0 saturated carbocycles. The third-order valence-electron chi connectivity index (χ3n) is 2.02. The van der Waals surface area contributed by atoms with Crippen LogP contribution in [-0.4, -0.2) is 7.05 Å². The summed E-state index contributed by atoms with van der Waals surface area (Å²) in [7, 11) is 1.92. The van der Waals surface area contributed by atoms with E-state index in [9.17, 15) is 0 Å². The summed E-state index contributed by atoms with van der Waals surface area (Å²) in [6.07, 6.45) is 5.14. The van der Waals surface area contributed by atoms with Crippen molar-refractivity contribution < 1.29 is 0 Å². The van der Waals surface area contributed by atoms with E-state index < -0.39 is 0 Å². The number of hydrogen-bond donors (Lipinski definition) is 2. The van der Waals surface area contributed by atoms with E-state index in [1.165, 1.54) is 12.0 Å². The molecule has 0 fully saturated rings. The molecule has 134 valence electrons. The van der Waals surface area contributed by atoms with Crippen LogP contribution in [0.4, 0.5) is 11.4 Å².